The smallest absolute Gasteiger partial charge is 0.192 e. The molecule has 0 unspecified atom stereocenters. The molecule has 19 heavy (non-hydrogen) atoms. The molecule has 0 atom stereocenters. The molecule has 0 aliphatic heterocycles. The van der Waals surface area contributed by atoms with Crippen LogP contribution in [0.1, 0.15) is 26.6 Å². The maximum Gasteiger partial charge on any atom is 0.192 e. The van der Waals surface area contributed by atoms with Gasteiger partial charge in [-0.1, -0.05) is 20.8 Å². The summed E-state index contributed by atoms with van der Waals surface area (Å²) in [7, 11) is -1.75. The van der Waals surface area contributed by atoms with Gasteiger partial charge in [0.15, 0.2) is 19.8 Å². The number of halogens is 1. The molecule has 0 radical (unpaired) electrons. The van der Waals surface area contributed by atoms with Crippen molar-refractivity contribution < 1.29 is 4.43 Å². The molecule has 6 heteroatoms. The molecule has 2 aromatic rings. The Balaban J connectivity index is 2.21. The third-order valence-electron chi connectivity index (χ3n) is 3.81. The summed E-state index contributed by atoms with van der Waals surface area (Å²) in [4.78, 5) is 0. The van der Waals surface area contributed by atoms with Gasteiger partial charge >= 0.3 is 0 Å². The van der Waals surface area contributed by atoms with E-state index in [0.29, 0.717) is 6.61 Å². The third kappa shape index (κ3) is 3.06. The minimum Gasteiger partial charge on any atom is -0.409 e. The molecule has 0 aromatic carbocycles. The molecule has 0 saturated heterocycles. The fraction of sp³-hybridized carbons (Fsp3) is 0.538. The van der Waals surface area contributed by atoms with Crippen LogP contribution in [0.4, 0.5) is 0 Å². The maximum absolute atomic E-state index is 6.19. The number of rotatable bonds is 3. The Labute approximate surface area is 123 Å². The zero-order valence-electron chi connectivity index (χ0n) is 12.1. The highest BCUT2D eigenvalue weighted by Gasteiger charge is 2.37. The van der Waals surface area contributed by atoms with Crippen molar-refractivity contribution in [1.29, 1.82) is 0 Å². The molecule has 2 heterocycles. The highest BCUT2D eigenvalue weighted by Crippen LogP contribution is 2.36. The number of hydrogen-bond donors (Lipinski definition) is 0. The van der Waals surface area contributed by atoms with E-state index in [2.05, 4.69) is 60.0 Å². The standard InChI is InChI=1S/C13H20BrN3OSi/c1-13(2,3)19(4,5)18-9-12-16-15-11-7-6-10(14)8-17(11)12/h6-8H,9H2,1-5H3. The van der Waals surface area contributed by atoms with Crippen LogP contribution in [0.15, 0.2) is 22.8 Å². The first-order valence-corrected chi connectivity index (χ1v) is 10.0. The van der Waals surface area contributed by atoms with Gasteiger partial charge in [0, 0.05) is 10.7 Å². The Hall–Kier alpha value is -0.723. The Morgan fingerprint density at radius 3 is 2.58 bits per heavy atom. The van der Waals surface area contributed by atoms with E-state index in [1.54, 1.807) is 0 Å². The van der Waals surface area contributed by atoms with Crippen LogP contribution in [-0.2, 0) is 11.0 Å². The van der Waals surface area contributed by atoms with Crippen molar-refractivity contribution in [3.05, 3.63) is 28.6 Å². The van der Waals surface area contributed by atoms with Crippen LogP contribution in [-0.4, -0.2) is 22.9 Å². The second-order valence-corrected chi connectivity index (χ2v) is 12.0. The minimum absolute atomic E-state index is 0.202. The zero-order valence-corrected chi connectivity index (χ0v) is 14.7. The molecule has 0 amide bonds. The van der Waals surface area contributed by atoms with Crippen molar-refractivity contribution in [1.82, 2.24) is 14.6 Å². The molecule has 0 aliphatic rings. The fourth-order valence-corrected chi connectivity index (χ4v) is 2.73. The van der Waals surface area contributed by atoms with Gasteiger partial charge in [-0.2, -0.15) is 0 Å². The molecule has 0 bridgehead atoms. The van der Waals surface area contributed by atoms with Gasteiger partial charge < -0.3 is 4.43 Å². The number of fused-ring (bicyclic) bond motifs is 1. The average Bonchev–Trinajstić information content (AvgIpc) is 2.67. The van der Waals surface area contributed by atoms with Crippen LogP contribution < -0.4 is 0 Å². The van der Waals surface area contributed by atoms with E-state index in [0.717, 1.165) is 15.9 Å². The second-order valence-electron chi connectivity index (χ2n) is 6.24. The Bertz CT molecular complexity index is 589. The summed E-state index contributed by atoms with van der Waals surface area (Å²) >= 11 is 3.47. The van der Waals surface area contributed by atoms with Crippen LogP contribution >= 0.6 is 15.9 Å². The summed E-state index contributed by atoms with van der Waals surface area (Å²) in [5.74, 6) is 0.848. The van der Waals surface area contributed by atoms with Crippen LogP contribution in [0.2, 0.25) is 18.1 Å². The molecule has 0 saturated carbocycles. The topological polar surface area (TPSA) is 39.4 Å². The van der Waals surface area contributed by atoms with E-state index in [1.165, 1.54) is 0 Å². The summed E-state index contributed by atoms with van der Waals surface area (Å²) in [6, 6.07) is 3.90. The quantitative estimate of drug-likeness (QED) is 0.791. The van der Waals surface area contributed by atoms with Crippen molar-refractivity contribution in [3.8, 4) is 0 Å². The molecule has 2 rings (SSSR count). The molecular formula is C13H20BrN3OSi. The lowest BCUT2D eigenvalue weighted by Crippen LogP contribution is -2.40. The van der Waals surface area contributed by atoms with Crippen LogP contribution in [0.3, 0.4) is 0 Å². The van der Waals surface area contributed by atoms with Gasteiger partial charge in [0.05, 0.1) is 6.61 Å². The molecular weight excluding hydrogens is 322 g/mol. The largest absolute Gasteiger partial charge is 0.409 e. The van der Waals surface area contributed by atoms with E-state index in [4.69, 9.17) is 4.43 Å². The number of pyridine rings is 1. The lowest BCUT2D eigenvalue weighted by molar-refractivity contribution is 0.266. The first-order chi connectivity index (χ1) is 8.71. The highest BCUT2D eigenvalue weighted by atomic mass is 79.9. The molecule has 0 N–H and O–H groups in total. The van der Waals surface area contributed by atoms with Gasteiger partial charge in [-0.15, -0.1) is 10.2 Å². The van der Waals surface area contributed by atoms with Crippen LogP contribution in [0.5, 0.6) is 0 Å². The van der Waals surface area contributed by atoms with E-state index < -0.39 is 8.32 Å². The summed E-state index contributed by atoms with van der Waals surface area (Å²) < 4.78 is 9.16. The number of nitrogens with zero attached hydrogens (tertiary/aromatic N) is 3. The van der Waals surface area contributed by atoms with E-state index in [1.807, 2.05) is 22.7 Å². The first-order valence-electron chi connectivity index (χ1n) is 6.34. The van der Waals surface area contributed by atoms with Crippen molar-refractivity contribution in [2.24, 2.45) is 0 Å². The predicted octanol–water partition coefficient (Wildman–Crippen LogP) is 4.01. The van der Waals surface area contributed by atoms with Crippen LogP contribution in [0.25, 0.3) is 5.65 Å². The van der Waals surface area contributed by atoms with E-state index in [-0.39, 0.29) is 5.04 Å². The van der Waals surface area contributed by atoms with Crippen molar-refractivity contribution in [3.63, 3.8) is 0 Å². The summed E-state index contributed by atoms with van der Waals surface area (Å²) in [5, 5.41) is 8.56. The molecule has 104 valence electrons. The lowest BCUT2D eigenvalue weighted by Gasteiger charge is -2.35. The van der Waals surface area contributed by atoms with Gasteiger partial charge in [0.25, 0.3) is 0 Å². The minimum atomic E-state index is -1.75. The van der Waals surface area contributed by atoms with Gasteiger partial charge in [0.2, 0.25) is 0 Å². The molecule has 2 aromatic heterocycles. The van der Waals surface area contributed by atoms with Gasteiger partial charge in [-0.3, -0.25) is 4.40 Å². The summed E-state index contributed by atoms with van der Waals surface area (Å²) in [5.41, 5.74) is 0.844. The molecule has 4 nitrogen and oxygen atoms in total. The Morgan fingerprint density at radius 2 is 1.95 bits per heavy atom. The van der Waals surface area contributed by atoms with Crippen molar-refractivity contribution >= 4 is 29.9 Å². The monoisotopic (exact) mass is 341 g/mol. The number of aromatic nitrogens is 3. The zero-order chi connectivity index (χ0) is 14.3. The van der Waals surface area contributed by atoms with E-state index in [9.17, 15) is 0 Å². The van der Waals surface area contributed by atoms with Crippen molar-refractivity contribution in [2.45, 2.75) is 45.5 Å². The SMILES string of the molecule is CC(C)(C)[Si](C)(C)OCc1nnc2ccc(Br)cn12. The van der Waals surface area contributed by atoms with Gasteiger partial charge in [0.1, 0.15) is 0 Å². The van der Waals surface area contributed by atoms with E-state index >= 15 is 0 Å². The average molecular weight is 342 g/mol. The Morgan fingerprint density at radius 1 is 1.26 bits per heavy atom. The van der Waals surface area contributed by atoms with Gasteiger partial charge in [-0.25, -0.2) is 0 Å². The third-order valence-corrected chi connectivity index (χ3v) is 8.75. The molecule has 0 spiro atoms. The second kappa shape index (κ2) is 4.99. The van der Waals surface area contributed by atoms with Crippen molar-refractivity contribution in [2.75, 3.05) is 0 Å². The predicted molar refractivity (Wildman–Crippen MR) is 82.7 cm³/mol. The summed E-state index contributed by atoms with van der Waals surface area (Å²) in [6.07, 6.45) is 1.97. The summed E-state index contributed by atoms with van der Waals surface area (Å²) in [6.45, 7) is 11.7. The molecule has 0 aliphatic carbocycles. The first kappa shape index (κ1) is 14.7. The van der Waals surface area contributed by atoms with Gasteiger partial charge in [-0.05, 0) is 46.2 Å². The van der Waals surface area contributed by atoms with Crippen LogP contribution in [0, 0.1) is 0 Å². The highest BCUT2D eigenvalue weighted by molar-refractivity contribution is 9.10. The normalized spacial score (nSPS) is 13.2. The maximum atomic E-state index is 6.19. The fourth-order valence-electron chi connectivity index (χ4n) is 1.47. The lowest BCUT2D eigenvalue weighted by atomic mass is 10.2. The number of hydrogen-bond acceptors (Lipinski definition) is 3. The Kier molecular flexibility index (Phi) is 3.86. The molecule has 0 fully saturated rings.